The maximum Gasteiger partial charge on any atom is 0.255 e. The van der Waals surface area contributed by atoms with E-state index >= 15 is 0 Å². The van der Waals surface area contributed by atoms with Crippen LogP contribution in [0.3, 0.4) is 0 Å². The normalized spacial score (nSPS) is 16.8. The number of ether oxygens (including phenoxy) is 1. The van der Waals surface area contributed by atoms with E-state index in [-0.39, 0.29) is 12.0 Å². The van der Waals surface area contributed by atoms with Crippen LogP contribution >= 0.6 is 0 Å². The molecule has 4 rings (SSSR count). The molecule has 0 spiro atoms. The Kier molecular flexibility index (Phi) is 5.57. The Morgan fingerprint density at radius 2 is 2.17 bits per heavy atom. The smallest absolute Gasteiger partial charge is 0.255 e. The minimum absolute atomic E-state index is 0.0417. The fourth-order valence-corrected chi connectivity index (χ4v) is 3.51. The monoisotopic (exact) mass is 394 g/mol. The predicted molar refractivity (Wildman–Crippen MR) is 103 cm³/mol. The molecule has 0 radical (unpaired) electrons. The van der Waals surface area contributed by atoms with Crippen molar-refractivity contribution < 1.29 is 14.1 Å². The lowest BCUT2D eigenvalue weighted by molar-refractivity contribution is -0.0247. The quantitative estimate of drug-likeness (QED) is 0.647. The van der Waals surface area contributed by atoms with Crippen LogP contribution in [0.2, 0.25) is 0 Å². The molecule has 1 aliphatic rings. The largest absolute Gasteiger partial charge is 0.375 e. The van der Waals surface area contributed by atoms with E-state index in [1.54, 1.807) is 17.3 Å². The summed E-state index contributed by atoms with van der Waals surface area (Å²) in [6, 6.07) is 3.64. The molecule has 4 heterocycles. The van der Waals surface area contributed by atoms with Crippen LogP contribution in [0, 0.1) is 13.8 Å². The van der Waals surface area contributed by atoms with Crippen LogP contribution < -0.4 is 0 Å². The van der Waals surface area contributed by atoms with Gasteiger partial charge in [-0.3, -0.25) is 4.79 Å². The van der Waals surface area contributed by atoms with Crippen molar-refractivity contribution in [3.63, 3.8) is 0 Å². The second-order valence-corrected chi connectivity index (χ2v) is 7.01. The Balaban J connectivity index is 1.39. The lowest BCUT2D eigenvalue weighted by Crippen LogP contribution is -2.45. The summed E-state index contributed by atoms with van der Waals surface area (Å²) in [6.45, 7) is 5.40. The maximum atomic E-state index is 12.6. The third-order valence-electron chi connectivity index (χ3n) is 4.99. The van der Waals surface area contributed by atoms with E-state index in [0.29, 0.717) is 25.3 Å². The van der Waals surface area contributed by atoms with Crippen molar-refractivity contribution in [3.05, 3.63) is 53.6 Å². The average Bonchev–Trinajstić information content (AvgIpc) is 3.11. The fraction of sp³-hybridized carbons (Fsp3) is 0.400. The molecule has 29 heavy (non-hydrogen) atoms. The van der Waals surface area contributed by atoms with Crippen LogP contribution in [-0.2, 0) is 11.2 Å². The molecule has 0 saturated carbocycles. The second kappa shape index (κ2) is 8.44. The van der Waals surface area contributed by atoms with Gasteiger partial charge in [-0.15, -0.1) is 0 Å². The van der Waals surface area contributed by atoms with Gasteiger partial charge in [-0.05, 0) is 38.8 Å². The van der Waals surface area contributed by atoms with Crippen molar-refractivity contribution in [1.82, 2.24) is 30.2 Å². The number of carbonyl (C=O) groups is 1. The highest BCUT2D eigenvalue weighted by molar-refractivity contribution is 5.93. The summed E-state index contributed by atoms with van der Waals surface area (Å²) in [6.07, 6.45) is 6.02. The van der Waals surface area contributed by atoms with Gasteiger partial charge in [0.1, 0.15) is 12.1 Å². The molecule has 1 saturated heterocycles. The molecule has 1 fully saturated rings. The number of hydrogen-bond acceptors (Lipinski definition) is 8. The summed E-state index contributed by atoms with van der Waals surface area (Å²) in [4.78, 5) is 23.2. The van der Waals surface area contributed by atoms with Crippen molar-refractivity contribution in [2.75, 3.05) is 19.7 Å². The lowest BCUT2D eigenvalue weighted by atomic mass is 10.1. The third-order valence-corrected chi connectivity index (χ3v) is 4.99. The highest BCUT2D eigenvalue weighted by atomic mass is 16.5. The molecule has 0 aromatic carbocycles. The van der Waals surface area contributed by atoms with Gasteiger partial charge in [0.2, 0.25) is 0 Å². The summed E-state index contributed by atoms with van der Waals surface area (Å²) >= 11 is 0. The second-order valence-electron chi connectivity index (χ2n) is 7.01. The Bertz CT molecular complexity index is 971. The summed E-state index contributed by atoms with van der Waals surface area (Å²) in [7, 11) is 0. The van der Waals surface area contributed by atoms with Crippen LogP contribution in [0.25, 0.3) is 11.3 Å². The Morgan fingerprint density at radius 1 is 1.28 bits per heavy atom. The number of nitrogens with zero attached hydrogens (tertiary/aromatic N) is 6. The molecule has 0 N–H and O–H groups in total. The van der Waals surface area contributed by atoms with Gasteiger partial charge in [-0.1, -0.05) is 5.16 Å². The molecule has 3 aromatic rings. The van der Waals surface area contributed by atoms with E-state index in [4.69, 9.17) is 9.26 Å². The van der Waals surface area contributed by atoms with Gasteiger partial charge in [0.25, 0.3) is 5.91 Å². The highest BCUT2D eigenvalue weighted by Crippen LogP contribution is 2.25. The van der Waals surface area contributed by atoms with Gasteiger partial charge < -0.3 is 14.2 Å². The highest BCUT2D eigenvalue weighted by Gasteiger charge is 2.25. The van der Waals surface area contributed by atoms with Crippen molar-refractivity contribution in [2.45, 2.75) is 32.8 Å². The number of rotatable bonds is 5. The van der Waals surface area contributed by atoms with Crippen LogP contribution in [0.4, 0.5) is 0 Å². The molecule has 1 amide bonds. The Morgan fingerprint density at radius 3 is 2.93 bits per heavy atom. The Labute approximate surface area is 168 Å². The summed E-state index contributed by atoms with van der Waals surface area (Å²) in [5, 5.41) is 11.5. The topological polar surface area (TPSA) is 107 Å². The molecule has 150 valence electrons. The first-order valence-electron chi connectivity index (χ1n) is 9.53. The zero-order chi connectivity index (χ0) is 20.2. The molecular weight excluding hydrogens is 372 g/mol. The van der Waals surface area contributed by atoms with Gasteiger partial charge in [0, 0.05) is 18.8 Å². The molecule has 0 aliphatic carbocycles. The first kappa shape index (κ1) is 19.1. The maximum absolute atomic E-state index is 12.6. The Hall–Kier alpha value is -3.20. The number of amides is 1. The first-order chi connectivity index (χ1) is 14.1. The lowest BCUT2D eigenvalue weighted by Gasteiger charge is -2.33. The number of hydrogen-bond donors (Lipinski definition) is 0. The summed E-state index contributed by atoms with van der Waals surface area (Å²) in [5.74, 6) is 0.693. The van der Waals surface area contributed by atoms with Crippen LogP contribution in [0.15, 0.2) is 35.4 Å². The van der Waals surface area contributed by atoms with Crippen LogP contribution in [0.5, 0.6) is 0 Å². The molecule has 0 bridgehead atoms. The molecule has 3 aromatic heterocycles. The molecule has 1 atom stereocenters. The molecule has 9 nitrogen and oxygen atoms in total. The summed E-state index contributed by atoms with van der Waals surface area (Å²) in [5.41, 5.74) is 3.98. The average molecular weight is 394 g/mol. The van der Waals surface area contributed by atoms with Gasteiger partial charge in [0.05, 0.1) is 47.6 Å². The van der Waals surface area contributed by atoms with Gasteiger partial charge in [-0.25, -0.2) is 9.97 Å². The fourth-order valence-electron chi connectivity index (χ4n) is 3.51. The number of morpholine rings is 1. The van der Waals surface area contributed by atoms with E-state index in [1.165, 1.54) is 12.4 Å². The van der Waals surface area contributed by atoms with E-state index in [1.807, 2.05) is 19.9 Å². The SMILES string of the molecule is Cc1noc(C)c1-c1cc(CC[C@@H]2CN(C(=O)c3ccnnc3)CCO2)ncn1. The summed E-state index contributed by atoms with van der Waals surface area (Å²) < 4.78 is 11.1. The van der Waals surface area contributed by atoms with Crippen molar-refractivity contribution in [2.24, 2.45) is 0 Å². The number of carbonyl (C=O) groups excluding carboxylic acids is 1. The molecule has 1 aliphatic heterocycles. The van der Waals surface area contributed by atoms with Crippen molar-refractivity contribution >= 4 is 5.91 Å². The van der Waals surface area contributed by atoms with Crippen LogP contribution in [0.1, 0.15) is 33.9 Å². The minimum atomic E-state index is -0.0454. The zero-order valence-electron chi connectivity index (χ0n) is 16.4. The van der Waals surface area contributed by atoms with E-state index in [9.17, 15) is 4.79 Å². The van der Waals surface area contributed by atoms with Crippen molar-refractivity contribution in [3.8, 4) is 11.3 Å². The minimum Gasteiger partial charge on any atom is -0.375 e. The van der Waals surface area contributed by atoms with E-state index < -0.39 is 0 Å². The van der Waals surface area contributed by atoms with Crippen molar-refractivity contribution in [1.29, 1.82) is 0 Å². The zero-order valence-corrected chi connectivity index (χ0v) is 16.4. The molecular formula is C20H22N6O3. The third kappa shape index (κ3) is 4.29. The number of aryl methyl sites for hydroxylation is 3. The van der Waals surface area contributed by atoms with E-state index in [2.05, 4.69) is 25.3 Å². The van der Waals surface area contributed by atoms with Gasteiger partial charge in [0.15, 0.2) is 0 Å². The number of aromatic nitrogens is 5. The first-order valence-corrected chi connectivity index (χ1v) is 9.53. The van der Waals surface area contributed by atoms with Gasteiger partial charge in [-0.2, -0.15) is 10.2 Å². The van der Waals surface area contributed by atoms with Crippen LogP contribution in [-0.4, -0.2) is 61.9 Å². The standard InChI is InChI=1S/C20H22N6O3/c1-13-19(14(2)29-25-13)18-9-16(21-12-22-18)3-4-17-11-26(7-8-28-17)20(27)15-5-6-23-24-10-15/h5-6,9-10,12,17H,3-4,7-8,11H2,1-2H3/t17-/m1/s1. The van der Waals surface area contributed by atoms with Gasteiger partial charge >= 0.3 is 0 Å². The molecule has 9 heteroatoms. The van der Waals surface area contributed by atoms with E-state index in [0.717, 1.165) is 41.2 Å². The molecule has 0 unspecified atom stereocenters. The predicted octanol–water partition coefficient (Wildman–Crippen LogP) is 2.01.